The van der Waals surface area contributed by atoms with Gasteiger partial charge in [-0.3, -0.25) is 14.5 Å². The molecular formula is C44H52N10O6. The van der Waals surface area contributed by atoms with Gasteiger partial charge in [0.05, 0.1) is 11.4 Å². The van der Waals surface area contributed by atoms with E-state index in [-0.39, 0.29) is 23.6 Å². The molecular weight excluding hydrogens is 765 g/mol. The van der Waals surface area contributed by atoms with E-state index in [1.54, 1.807) is 24.3 Å². The highest BCUT2D eigenvalue weighted by Crippen LogP contribution is 2.40. The number of imide groups is 1. The van der Waals surface area contributed by atoms with Crippen molar-refractivity contribution in [2.24, 2.45) is 0 Å². The average Bonchev–Trinajstić information content (AvgIpc) is 3.54. The van der Waals surface area contributed by atoms with Crippen LogP contribution < -0.4 is 30.0 Å². The zero-order valence-electron chi connectivity index (χ0n) is 33.8. The number of rotatable bonds is 10. The molecule has 4 amide bonds. The average molecular weight is 817 g/mol. The van der Waals surface area contributed by atoms with Crippen molar-refractivity contribution in [3.63, 3.8) is 0 Å². The first kappa shape index (κ1) is 39.2. The summed E-state index contributed by atoms with van der Waals surface area (Å²) < 4.78 is 6.31. The fourth-order valence-electron chi connectivity index (χ4n) is 9.19. The monoisotopic (exact) mass is 816 g/mol. The first-order valence-corrected chi connectivity index (χ1v) is 21.1. The number of hydrogen-bond acceptors (Lipinski definition) is 13. The molecule has 2 atom stereocenters. The highest BCUT2D eigenvalue weighted by Gasteiger charge is 2.41. The molecule has 5 fully saturated rings. The number of carbonyl (C=O) groups is 3. The minimum absolute atomic E-state index is 0.0925. The first-order chi connectivity index (χ1) is 29.3. The van der Waals surface area contributed by atoms with Gasteiger partial charge in [0.1, 0.15) is 18.1 Å². The molecule has 16 nitrogen and oxygen atoms in total. The number of para-hydroxylation sites is 1. The Bertz CT molecular complexity index is 2160. The molecule has 5 aliphatic heterocycles. The predicted molar refractivity (Wildman–Crippen MR) is 227 cm³/mol. The lowest BCUT2D eigenvalue weighted by atomic mass is 10.1. The number of hydroxylamine groups is 2. The van der Waals surface area contributed by atoms with E-state index in [0.29, 0.717) is 100 Å². The third kappa shape index (κ3) is 8.28. The van der Waals surface area contributed by atoms with Crippen LogP contribution in [0.4, 0.5) is 27.7 Å². The molecule has 0 radical (unpaired) electrons. The molecule has 2 bridgehead atoms. The predicted octanol–water partition coefficient (Wildman–Crippen LogP) is 4.06. The van der Waals surface area contributed by atoms with Gasteiger partial charge < -0.3 is 44.9 Å². The number of nitrogen functional groups attached to an aromatic ring is 1. The summed E-state index contributed by atoms with van der Waals surface area (Å²) >= 11 is 0. The van der Waals surface area contributed by atoms with E-state index in [1.165, 1.54) is 0 Å². The number of aromatic hydroxyl groups is 1. The molecule has 6 heterocycles. The van der Waals surface area contributed by atoms with Crippen LogP contribution in [0.15, 0.2) is 78.9 Å². The summed E-state index contributed by atoms with van der Waals surface area (Å²) in [5, 5.41) is 19.8. The zero-order valence-corrected chi connectivity index (χ0v) is 33.8. The maximum Gasteiger partial charge on any atom is 0.320 e. The molecule has 3 N–H and O–H groups in total. The topological polar surface area (TPSA) is 164 Å². The fraction of sp³-hybridized carbons (Fsp3) is 0.432. The van der Waals surface area contributed by atoms with Crippen LogP contribution in [-0.4, -0.2) is 144 Å². The minimum Gasteiger partial charge on any atom is -0.507 e. The molecule has 0 spiro atoms. The number of phenols is 1. The summed E-state index contributed by atoms with van der Waals surface area (Å²) in [7, 11) is 0. The molecule has 4 aromatic rings. The Morgan fingerprint density at radius 2 is 1.42 bits per heavy atom. The summed E-state index contributed by atoms with van der Waals surface area (Å²) in [5.74, 6) is 1.23. The van der Waals surface area contributed by atoms with Crippen LogP contribution in [0.3, 0.4) is 0 Å². The number of nitrogens with two attached hydrogens (primary N) is 1. The SMILES string of the molecule is Nc1nnc(-c2ccccc2O)cc1N1CC2CCC(C1)N2c1cccc(OCCN2CCN(C(=O)N3CCN(c4ccc(ON5C(=O)CCCC5=O)cc4)CC3)CC2)c1. The van der Waals surface area contributed by atoms with Crippen molar-refractivity contribution in [1.82, 2.24) is 30.0 Å². The number of amides is 4. The van der Waals surface area contributed by atoms with Gasteiger partial charge in [0, 0.05) is 120 Å². The first-order valence-electron chi connectivity index (χ1n) is 21.1. The normalized spacial score (nSPS) is 21.1. The summed E-state index contributed by atoms with van der Waals surface area (Å²) in [6.07, 6.45) is 3.36. The van der Waals surface area contributed by atoms with E-state index in [2.05, 4.69) is 48.0 Å². The van der Waals surface area contributed by atoms with Crippen LogP contribution in [0.25, 0.3) is 11.3 Å². The van der Waals surface area contributed by atoms with Crippen molar-refractivity contribution in [3.8, 4) is 28.5 Å². The molecule has 0 aliphatic carbocycles. The van der Waals surface area contributed by atoms with Gasteiger partial charge in [0.15, 0.2) is 11.6 Å². The van der Waals surface area contributed by atoms with Crippen LogP contribution >= 0.6 is 0 Å². The molecule has 314 valence electrons. The number of aromatic nitrogens is 2. The Morgan fingerprint density at radius 1 is 0.733 bits per heavy atom. The Labute approximate surface area is 349 Å². The van der Waals surface area contributed by atoms with Crippen LogP contribution in [0.1, 0.15) is 32.1 Å². The third-order valence-electron chi connectivity index (χ3n) is 12.4. The number of carbonyl (C=O) groups excluding carboxylic acids is 3. The van der Waals surface area contributed by atoms with Crippen molar-refractivity contribution >= 4 is 40.7 Å². The van der Waals surface area contributed by atoms with Gasteiger partial charge >= 0.3 is 6.03 Å². The van der Waals surface area contributed by atoms with Crippen molar-refractivity contribution in [1.29, 1.82) is 0 Å². The van der Waals surface area contributed by atoms with E-state index in [1.807, 2.05) is 46.2 Å². The number of hydrogen-bond donors (Lipinski definition) is 2. The fourth-order valence-corrected chi connectivity index (χ4v) is 9.19. The van der Waals surface area contributed by atoms with Gasteiger partial charge in [-0.25, -0.2) is 4.79 Å². The molecule has 16 heteroatoms. The van der Waals surface area contributed by atoms with Gasteiger partial charge in [-0.1, -0.05) is 18.2 Å². The lowest BCUT2D eigenvalue weighted by Crippen LogP contribution is -2.57. The molecule has 60 heavy (non-hydrogen) atoms. The molecule has 9 rings (SSSR count). The summed E-state index contributed by atoms with van der Waals surface area (Å²) in [6.45, 7) is 8.64. The van der Waals surface area contributed by atoms with Crippen molar-refractivity contribution in [3.05, 3.63) is 78.9 Å². The highest BCUT2D eigenvalue weighted by atomic mass is 16.7. The molecule has 3 aromatic carbocycles. The highest BCUT2D eigenvalue weighted by molar-refractivity contribution is 5.96. The summed E-state index contributed by atoms with van der Waals surface area (Å²) in [5.41, 5.74) is 10.6. The van der Waals surface area contributed by atoms with Gasteiger partial charge in [-0.05, 0) is 73.9 Å². The molecule has 0 saturated carbocycles. The van der Waals surface area contributed by atoms with E-state index in [0.717, 1.165) is 73.4 Å². The number of piperidine rings is 1. The van der Waals surface area contributed by atoms with Gasteiger partial charge in [-0.2, -0.15) is 0 Å². The summed E-state index contributed by atoms with van der Waals surface area (Å²) in [6, 6.07) is 25.6. The Kier molecular flexibility index (Phi) is 11.2. The van der Waals surface area contributed by atoms with Crippen LogP contribution in [0.5, 0.6) is 17.2 Å². The standard InChI is InChI=1S/C44H52N10O6/c45-43-39(28-38(46-47-43)37-7-1-2-8-40(37)55)52-29-33-11-12-34(30-52)53(33)32-5-3-6-36(27-32)59-26-25-48-17-19-50(20-18-48)44(58)51-23-21-49(22-24-51)31-13-15-35(16-14-31)60-54-41(56)9-4-10-42(54)57/h1-3,5-8,13-16,27-28,33-34,55H,4,9-12,17-26,29-30H2,(H2,45,47). The number of urea groups is 1. The second-order valence-corrected chi connectivity index (χ2v) is 16.2. The van der Waals surface area contributed by atoms with Crippen LogP contribution in [-0.2, 0) is 9.59 Å². The van der Waals surface area contributed by atoms with Gasteiger partial charge in [0.25, 0.3) is 11.8 Å². The molecule has 5 aliphatic rings. The number of benzene rings is 3. The molecule has 1 aromatic heterocycles. The second-order valence-electron chi connectivity index (χ2n) is 16.2. The zero-order chi connectivity index (χ0) is 41.2. The van der Waals surface area contributed by atoms with E-state index in [9.17, 15) is 19.5 Å². The number of ether oxygens (including phenoxy) is 1. The number of piperazine rings is 3. The molecule has 5 saturated heterocycles. The number of nitrogens with zero attached hydrogens (tertiary/aromatic N) is 9. The minimum atomic E-state index is -0.311. The maximum atomic E-state index is 13.5. The third-order valence-corrected chi connectivity index (χ3v) is 12.4. The number of fused-ring (bicyclic) bond motifs is 2. The van der Waals surface area contributed by atoms with Crippen molar-refractivity contribution < 1.29 is 29.1 Å². The number of phenolic OH excluding ortho intramolecular Hbond substituents is 1. The van der Waals surface area contributed by atoms with Crippen molar-refractivity contribution in [2.45, 2.75) is 44.2 Å². The maximum absolute atomic E-state index is 13.5. The van der Waals surface area contributed by atoms with Crippen LogP contribution in [0, 0.1) is 0 Å². The Hall–Kier alpha value is -6.29. The number of anilines is 4. The smallest absolute Gasteiger partial charge is 0.320 e. The van der Waals surface area contributed by atoms with Crippen LogP contribution in [0.2, 0.25) is 0 Å². The van der Waals surface area contributed by atoms with Gasteiger partial charge in [0.2, 0.25) is 0 Å². The Morgan fingerprint density at radius 3 is 2.12 bits per heavy atom. The Balaban J connectivity index is 0.711. The van der Waals surface area contributed by atoms with E-state index < -0.39 is 0 Å². The van der Waals surface area contributed by atoms with E-state index >= 15 is 0 Å². The van der Waals surface area contributed by atoms with Gasteiger partial charge in [-0.15, -0.1) is 15.3 Å². The lowest BCUT2D eigenvalue weighted by molar-refractivity contribution is -0.175. The molecule has 2 unspecified atom stereocenters. The largest absolute Gasteiger partial charge is 0.507 e. The lowest BCUT2D eigenvalue weighted by Gasteiger charge is -2.43. The quantitative estimate of drug-likeness (QED) is 0.221. The van der Waals surface area contributed by atoms with Crippen molar-refractivity contribution in [2.75, 3.05) is 99.0 Å². The second kappa shape index (κ2) is 17.1. The summed E-state index contributed by atoms with van der Waals surface area (Å²) in [4.78, 5) is 56.6. The van der Waals surface area contributed by atoms with E-state index in [4.69, 9.17) is 15.3 Å².